The van der Waals surface area contributed by atoms with Gasteiger partial charge in [0, 0.05) is 24.2 Å². The van der Waals surface area contributed by atoms with Crippen molar-refractivity contribution in [2.24, 2.45) is 11.7 Å². The summed E-state index contributed by atoms with van der Waals surface area (Å²) in [7, 11) is 0. The van der Waals surface area contributed by atoms with E-state index in [9.17, 15) is 0 Å². The number of halogens is 1. The van der Waals surface area contributed by atoms with Crippen LogP contribution in [0.3, 0.4) is 0 Å². The van der Waals surface area contributed by atoms with Crippen LogP contribution in [-0.4, -0.2) is 17.6 Å². The molecule has 3 nitrogen and oxygen atoms in total. The van der Waals surface area contributed by atoms with Crippen LogP contribution in [0.15, 0.2) is 30.5 Å². The Kier molecular flexibility index (Phi) is 5.21. The molecule has 0 aliphatic carbocycles. The Morgan fingerprint density at radius 1 is 1.25 bits per heavy atom. The molecule has 20 heavy (non-hydrogen) atoms. The van der Waals surface area contributed by atoms with E-state index in [1.807, 2.05) is 24.3 Å². The highest BCUT2D eigenvalue weighted by atomic mass is 35.5. The third kappa shape index (κ3) is 3.05. The number of aromatic nitrogens is 1. The molecule has 0 saturated carbocycles. The molecule has 0 bridgehead atoms. The highest BCUT2D eigenvalue weighted by molar-refractivity contribution is 6.35. The lowest BCUT2D eigenvalue weighted by atomic mass is 9.94. The average Bonchev–Trinajstić information content (AvgIpc) is 2.50. The van der Waals surface area contributed by atoms with Gasteiger partial charge >= 0.3 is 0 Å². The van der Waals surface area contributed by atoms with E-state index in [2.05, 4.69) is 24.1 Å². The van der Waals surface area contributed by atoms with Gasteiger partial charge in [0.1, 0.15) is 0 Å². The van der Waals surface area contributed by atoms with Crippen LogP contribution < -0.4 is 11.1 Å². The van der Waals surface area contributed by atoms with E-state index in [1.165, 1.54) is 0 Å². The van der Waals surface area contributed by atoms with Crippen molar-refractivity contribution in [2.45, 2.75) is 32.7 Å². The monoisotopic (exact) mass is 291 g/mol. The number of fused-ring (bicyclic) bond motifs is 1. The molecule has 2 rings (SSSR count). The Balaban J connectivity index is 2.36. The Labute approximate surface area is 125 Å². The van der Waals surface area contributed by atoms with Gasteiger partial charge in [0.2, 0.25) is 0 Å². The number of benzene rings is 1. The maximum Gasteiger partial charge on any atom is 0.0948 e. The molecule has 4 heteroatoms. The van der Waals surface area contributed by atoms with Gasteiger partial charge in [-0.15, -0.1) is 0 Å². The molecule has 2 aromatic rings. The van der Waals surface area contributed by atoms with Crippen LogP contribution in [0.5, 0.6) is 0 Å². The number of nitrogens with one attached hydrogen (secondary N) is 1. The Hall–Kier alpha value is -1.32. The summed E-state index contributed by atoms with van der Waals surface area (Å²) in [5.41, 5.74) is 7.85. The van der Waals surface area contributed by atoms with Crippen molar-refractivity contribution < 1.29 is 0 Å². The summed E-state index contributed by atoms with van der Waals surface area (Å²) in [5, 5.41) is 5.25. The van der Waals surface area contributed by atoms with Gasteiger partial charge < -0.3 is 11.1 Å². The van der Waals surface area contributed by atoms with E-state index in [-0.39, 0.29) is 6.04 Å². The predicted octanol–water partition coefficient (Wildman–Crippen LogP) is 4.06. The molecule has 108 valence electrons. The van der Waals surface area contributed by atoms with E-state index >= 15 is 0 Å². The minimum atomic E-state index is 0.261. The summed E-state index contributed by atoms with van der Waals surface area (Å²) in [6.45, 7) is 5.02. The summed E-state index contributed by atoms with van der Waals surface area (Å²) < 4.78 is 0. The number of pyridine rings is 1. The van der Waals surface area contributed by atoms with Crippen molar-refractivity contribution in [2.75, 3.05) is 11.9 Å². The SMILES string of the molecule is CCC(CC)C(CN)Nc1ccc(Cl)c2cccnc12. The second-order valence-corrected chi connectivity index (χ2v) is 5.46. The van der Waals surface area contributed by atoms with E-state index in [0.29, 0.717) is 12.5 Å². The highest BCUT2D eigenvalue weighted by Crippen LogP contribution is 2.29. The number of nitrogens with two attached hydrogens (primary N) is 1. The van der Waals surface area contributed by atoms with E-state index in [4.69, 9.17) is 17.3 Å². The van der Waals surface area contributed by atoms with E-state index in [0.717, 1.165) is 34.5 Å². The molecule has 1 unspecified atom stereocenters. The van der Waals surface area contributed by atoms with Crippen molar-refractivity contribution in [1.29, 1.82) is 0 Å². The van der Waals surface area contributed by atoms with Crippen molar-refractivity contribution >= 4 is 28.2 Å². The Bertz CT molecular complexity index is 567. The van der Waals surface area contributed by atoms with E-state index in [1.54, 1.807) is 6.20 Å². The zero-order valence-corrected chi connectivity index (χ0v) is 12.8. The zero-order valence-electron chi connectivity index (χ0n) is 12.1. The van der Waals surface area contributed by atoms with Crippen molar-refractivity contribution in [3.8, 4) is 0 Å². The second kappa shape index (κ2) is 6.91. The first kappa shape index (κ1) is 15.1. The third-order valence-corrected chi connectivity index (χ3v) is 4.26. The molecule has 0 radical (unpaired) electrons. The predicted molar refractivity (Wildman–Crippen MR) is 87.3 cm³/mol. The lowest BCUT2D eigenvalue weighted by Crippen LogP contribution is -2.36. The molecule has 0 fully saturated rings. The normalized spacial score (nSPS) is 12.8. The fourth-order valence-electron chi connectivity index (χ4n) is 2.68. The molecular formula is C16H22ClN3. The fraction of sp³-hybridized carbons (Fsp3) is 0.438. The largest absolute Gasteiger partial charge is 0.379 e. The Morgan fingerprint density at radius 3 is 2.65 bits per heavy atom. The molecule has 0 aliphatic rings. The van der Waals surface area contributed by atoms with Crippen LogP contribution in [0.25, 0.3) is 10.9 Å². The first-order valence-corrected chi connectivity index (χ1v) is 7.58. The van der Waals surface area contributed by atoms with Crippen LogP contribution in [0.2, 0.25) is 5.02 Å². The van der Waals surface area contributed by atoms with Gasteiger partial charge in [0.05, 0.1) is 16.2 Å². The summed E-state index contributed by atoms with van der Waals surface area (Å²) in [4.78, 5) is 4.45. The molecule has 0 amide bonds. The topological polar surface area (TPSA) is 50.9 Å². The van der Waals surface area contributed by atoms with Gasteiger partial charge in [-0.2, -0.15) is 0 Å². The number of anilines is 1. The van der Waals surface area contributed by atoms with Gasteiger partial charge in [0.15, 0.2) is 0 Å². The number of hydrogen-bond donors (Lipinski definition) is 2. The minimum Gasteiger partial charge on any atom is -0.379 e. The Morgan fingerprint density at radius 2 is 2.00 bits per heavy atom. The van der Waals surface area contributed by atoms with Gasteiger partial charge in [-0.05, 0) is 30.2 Å². The van der Waals surface area contributed by atoms with Gasteiger partial charge in [-0.25, -0.2) is 0 Å². The smallest absolute Gasteiger partial charge is 0.0948 e. The average molecular weight is 292 g/mol. The van der Waals surface area contributed by atoms with Crippen molar-refractivity contribution in [3.63, 3.8) is 0 Å². The summed E-state index contributed by atoms with van der Waals surface area (Å²) in [6, 6.07) is 8.05. The zero-order chi connectivity index (χ0) is 14.5. The lowest BCUT2D eigenvalue weighted by Gasteiger charge is -2.26. The van der Waals surface area contributed by atoms with Crippen LogP contribution in [0.1, 0.15) is 26.7 Å². The van der Waals surface area contributed by atoms with Crippen LogP contribution >= 0.6 is 11.6 Å². The molecule has 1 aromatic heterocycles. The molecular weight excluding hydrogens is 270 g/mol. The van der Waals surface area contributed by atoms with E-state index < -0.39 is 0 Å². The van der Waals surface area contributed by atoms with Crippen LogP contribution in [0.4, 0.5) is 5.69 Å². The second-order valence-electron chi connectivity index (χ2n) is 5.06. The molecule has 1 heterocycles. The number of rotatable bonds is 6. The quantitative estimate of drug-likeness (QED) is 0.844. The fourth-order valence-corrected chi connectivity index (χ4v) is 2.90. The molecule has 0 aliphatic heterocycles. The van der Waals surface area contributed by atoms with Gasteiger partial charge in [-0.1, -0.05) is 38.3 Å². The first-order chi connectivity index (χ1) is 9.71. The summed E-state index contributed by atoms with van der Waals surface area (Å²) in [5.74, 6) is 0.564. The molecule has 3 N–H and O–H groups in total. The standard InChI is InChI=1S/C16H22ClN3/c1-3-11(4-2)15(10-18)20-14-8-7-13(17)12-6-5-9-19-16(12)14/h5-9,11,15,20H,3-4,10,18H2,1-2H3. The molecule has 1 atom stereocenters. The number of nitrogens with zero attached hydrogens (tertiary/aromatic N) is 1. The first-order valence-electron chi connectivity index (χ1n) is 7.21. The third-order valence-electron chi connectivity index (χ3n) is 3.93. The maximum atomic E-state index is 6.22. The summed E-state index contributed by atoms with van der Waals surface area (Å²) in [6.07, 6.45) is 4.02. The summed E-state index contributed by atoms with van der Waals surface area (Å²) >= 11 is 6.22. The van der Waals surface area contributed by atoms with Crippen molar-refractivity contribution in [1.82, 2.24) is 4.98 Å². The molecule has 0 spiro atoms. The molecule has 0 saturated heterocycles. The van der Waals surface area contributed by atoms with Crippen LogP contribution in [-0.2, 0) is 0 Å². The lowest BCUT2D eigenvalue weighted by molar-refractivity contribution is 0.422. The maximum absolute atomic E-state index is 6.22. The van der Waals surface area contributed by atoms with Gasteiger partial charge in [-0.3, -0.25) is 4.98 Å². The minimum absolute atomic E-state index is 0.261. The molecule has 1 aromatic carbocycles. The van der Waals surface area contributed by atoms with Crippen molar-refractivity contribution in [3.05, 3.63) is 35.5 Å². The van der Waals surface area contributed by atoms with Gasteiger partial charge in [0.25, 0.3) is 0 Å². The highest BCUT2D eigenvalue weighted by Gasteiger charge is 2.18. The van der Waals surface area contributed by atoms with Crippen LogP contribution in [0, 0.1) is 5.92 Å². The number of hydrogen-bond acceptors (Lipinski definition) is 3.